The third kappa shape index (κ3) is 4.18. The Hall–Kier alpha value is -1.27. The van der Waals surface area contributed by atoms with Gasteiger partial charge >= 0.3 is 0 Å². The average Bonchev–Trinajstić information content (AvgIpc) is 3.14. The summed E-state index contributed by atoms with van der Waals surface area (Å²) >= 11 is 1.82. The van der Waals surface area contributed by atoms with Gasteiger partial charge in [-0.2, -0.15) is 0 Å². The molecule has 1 N–H and O–H groups in total. The molecule has 0 spiro atoms. The van der Waals surface area contributed by atoms with Crippen LogP contribution in [0.2, 0.25) is 0 Å². The van der Waals surface area contributed by atoms with Crippen LogP contribution in [-0.2, 0) is 4.74 Å². The van der Waals surface area contributed by atoms with Crippen LogP contribution in [-0.4, -0.2) is 64.3 Å². The van der Waals surface area contributed by atoms with Gasteiger partial charge in [0.2, 0.25) is 0 Å². The Morgan fingerprint density at radius 1 is 1.35 bits per heavy atom. The topological polar surface area (TPSA) is 40.1 Å². The van der Waals surface area contributed by atoms with Crippen LogP contribution in [0.3, 0.4) is 0 Å². The summed E-state index contributed by atoms with van der Waals surface area (Å²) in [5.74, 6) is 1.06. The molecule has 1 aromatic heterocycles. The maximum atomic E-state index is 5.24. The average molecular weight is 337 g/mol. The summed E-state index contributed by atoms with van der Waals surface area (Å²) in [7, 11) is 3.68. The minimum atomic E-state index is 0.449. The van der Waals surface area contributed by atoms with E-state index in [1.165, 1.54) is 17.8 Å². The molecule has 0 amide bonds. The van der Waals surface area contributed by atoms with E-state index < -0.39 is 0 Å². The van der Waals surface area contributed by atoms with Gasteiger partial charge in [-0.1, -0.05) is 0 Å². The van der Waals surface area contributed by atoms with Gasteiger partial charge in [-0.3, -0.25) is 4.99 Å². The largest absolute Gasteiger partial charge is 0.385 e. The first-order valence-corrected chi connectivity index (χ1v) is 9.37. The zero-order valence-corrected chi connectivity index (χ0v) is 15.1. The molecule has 1 aliphatic carbocycles. The Balaban J connectivity index is 1.46. The van der Waals surface area contributed by atoms with Gasteiger partial charge < -0.3 is 19.9 Å². The van der Waals surface area contributed by atoms with Gasteiger partial charge in [-0.25, -0.2) is 0 Å². The summed E-state index contributed by atoms with van der Waals surface area (Å²) in [6.07, 6.45) is 3.78. The van der Waals surface area contributed by atoms with Gasteiger partial charge in [0.15, 0.2) is 5.96 Å². The third-order valence-corrected chi connectivity index (χ3v) is 5.95. The van der Waals surface area contributed by atoms with Crippen molar-refractivity contribution in [3.63, 3.8) is 0 Å². The first kappa shape index (κ1) is 16.6. The van der Waals surface area contributed by atoms with Crippen LogP contribution >= 0.6 is 11.3 Å². The van der Waals surface area contributed by atoms with Crippen molar-refractivity contribution in [1.82, 2.24) is 10.2 Å². The van der Waals surface area contributed by atoms with E-state index in [0.717, 1.165) is 51.7 Å². The lowest BCUT2D eigenvalue weighted by molar-refractivity contribution is 0.172. The van der Waals surface area contributed by atoms with E-state index in [2.05, 4.69) is 37.6 Å². The first-order valence-electron chi connectivity index (χ1n) is 8.49. The first-order chi connectivity index (χ1) is 11.3. The summed E-state index contributed by atoms with van der Waals surface area (Å²) in [6.45, 7) is 6.07. The maximum absolute atomic E-state index is 5.24. The van der Waals surface area contributed by atoms with Crippen LogP contribution in [0.4, 0.5) is 5.00 Å². The highest BCUT2D eigenvalue weighted by molar-refractivity contribution is 7.14. The molecule has 1 aromatic rings. The normalized spacial score (nSPS) is 20.7. The Kier molecular flexibility index (Phi) is 5.43. The lowest BCUT2D eigenvalue weighted by Gasteiger charge is -2.37. The van der Waals surface area contributed by atoms with E-state index in [1.807, 2.05) is 18.4 Å². The minimum absolute atomic E-state index is 0.449. The zero-order valence-electron chi connectivity index (χ0n) is 14.3. The lowest BCUT2D eigenvalue weighted by atomic mass is 10.0. The van der Waals surface area contributed by atoms with Gasteiger partial charge in [-0.05, 0) is 42.2 Å². The van der Waals surface area contributed by atoms with E-state index in [-0.39, 0.29) is 0 Å². The van der Waals surface area contributed by atoms with Gasteiger partial charge in [0, 0.05) is 53.5 Å². The number of nitrogens with zero attached hydrogens (tertiary/aromatic N) is 3. The molecule has 6 heteroatoms. The quantitative estimate of drug-likeness (QED) is 0.639. The predicted octanol–water partition coefficient (Wildman–Crippen LogP) is 2.26. The molecular formula is C17H28N4OS. The second-order valence-electron chi connectivity index (χ2n) is 6.57. The number of methoxy groups -OCH3 is 1. The summed E-state index contributed by atoms with van der Waals surface area (Å²) < 4.78 is 5.24. The van der Waals surface area contributed by atoms with Gasteiger partial charge in [-0.15, -0.1) is 11.3 Å². The Labute approximate surface area is 143 Å². The standard InChI is InChI=1S/C17H28N4OS/c1-18-16(19-14-17(5-6-17)7-12-22-2)21-10-8-20(9-11-21)15-4-3-13-23-15/h3-4,13H,5-12,14H2,1-2H3,(H,18,19). The molecule has 0 atom stereocenters. The van der Waals surface area contributed by atoms with Crippen LogP contribution in [0.25, 0.3) is 0 Å². The molecule has 0 bridgehead atoms. The summed E-state index contributed by atoms with van der Waals surface area (Å²) in [4.78, 5) is 9.35. The fraction of sp³-hybridized carbons (Fsp3) is 0.706. The SMILES string of the molecule is CN=C(NCC1(CCOC)CC1)N1CCN(c2cccs2)CC1. The molecule has 0 aromatic carbocycles. The molecule has 1 saturated carbocycles. The summed E-state index contributed by atoms with van der Waals surface area (Å²) in [5.41, 5.74) is 0.449. The number of ether oxygens (including phenoxy) is 1. The van der Waals surface area contributed by atoms with Crippen molar-refractivity contribution in [3.05, 3.63) is 17.5 Å². The second kappa shape index (κ2) is 7.53. The molecule has 3 rings (SSSR count). The van der Waals surface area contributed by atoms with Gasteiger partial charge in [0.25, 0.3) is 0 Å². The fourth-order valence-corrected chi connectivity index (χ4v) is 3.98. The van der Waals surface area contributed by atoms with Crippen molar-refractivity contribution in [2.45, 2.75) is 19.3 Å². The highest BCUT2D eigenvalue weighted by Crippen LogP contribution is 2.48. The molecule has 0 unspecified atom stereocenters. The zero-order chi connectivity index (χ0) is 16.1. The number of rotatable bonds is 6. The van der Waals surface area contributed by atoms with Gasteiger partial charge in [0.05, 0.1) is 5.00 Å². The number of nitrogens with one attached hydrogen (secondary N) is 1. The van der Waals surface area contributed by atoms with Crippen molar-refractivity contribution in [2.75, 3.05) is 58.4 Å². The number of hydrogen-bond acceptors (Lipinski definition) is 4. The number of piperazine rings is 1. The molecule has 2 aliphatic rings. The molecule has 128 valence electrons. The lowest BCUT2D eigenvalue weighted by Crippen LogP contribution is -2.53. The van der Waals surface area contributed by atoms with Crippen LogP contribution in [0, 0.1) is 5.41 Å². The van der Waals surface area contributed by atoms with Crippen LogP contribution < -0.4 is 10.2 Å². The number of guanidine groups is 1. The summed E-state index contributed by atoms with van der Waals surface area (Å²) in [6, 6.07) is 4.34. The summed E-state index contributed by atoms with van der Waals surface area (Å²) in [5, 5.41) is 7.13. The fourth-order valence-electron chi connectivity index (χ4n) is 3.20. The van der Waals surface area contributed by atoms with Crippen molar-refractivity contribution in [3.8, 4) is 0 Å². The molecule has 5 nitrogen and oxygen atoms in total. The van der Waals surface area contributed by atoms with Crippen LogP contribution in [0.5, 0.6) is 0 Å². The van der Waals surface area contributed by atoms with Crippen molar-refractivity contribution in [2.24, 2.45) is 10.4 Å². The number of anilines is 1. The van der Waals surface area contributed by atoms with E-state index in [4.69, 9.17) is 4.74 Å². The smallest absolute Gasteiger partial charge is 0.193 e. The van der Waals surface area contributed by atoms with E-state index in [9.17, 15) is 0 Å². The van der Waals surface area contributed by atoms with E-state index in [1.54, 1.807) is 7.11 Å². The molecule has 1 saturated heterocycles. The molecule has 23 heavy (non-hydrogen) atoms. The monoisotopic (exact) mass is 336 g/mol. The second-order valence-corrected chi connectivity index (χ2v) is 7.50. The Morgan fingerprint density at radius 2 is 2.13 bits per heavy atom. The van der Waals surface area contributed by atoms with Crippen LogP contribution in [0.15, 0.2) is 22.5 Å². The maximum Gasteiger partial charge on any atom is 0.193 e. The Bertz CT molecular complexity index is 505. The highest BCUT2D eigenvalue weighted by Gasteiger charge is 2.42. The number of aliphatic imine (C=N–C) groups is 1. The van der Waals surface area contributed by atoms with Crippen molar-refractivity contribution in [1.29, 1.82) is 0 Å². The van der Waals surface area contributed by atoms with Crippen molar-refractivity contribution >= 4 is 22.3 Å². The molecular weight excluding hydrogens is 308 g/mol. The third-order valence-electron chi connectivity index (χ3n) is 5.02. The highest BCUT2D eigenvalue weighted by atomic mass is 32.1. The molecule has 2 heterocycles. The Morgan fingerprint density at radius 3 is 2.70 bits per heavy atom. The minimum Gasteiger partial charge on any atom is -0.385 e. The van der Waals surface area contributed by atoms with Gasteiger partial charge in [0.1, 0.15) is 0 Å². The predicted molar refractivity (Wildman–Crippen MR) is 97.6 cm³/mol. The van der Waals surface area contributed by atoms with E-state index in [0.29, 0.717) is 5.41 Å². The molecule has 0 radical (unpaired) electrons. The number of hydrogen-bond donors (Lipinski definition) is 1. The molecule has 1 aliphatic heterocycles. The molecule has 2 fully saturated rings. The van der Waals surface area contributed by atoms with E-state index >= 15 is 0 Å². The van der Waals surface area contributed by atoms with Crippen molar-refractivity contribution < 1.29 is 4.74 Å². The number of thiophene rings is 1. The van der Waals surface area contributed by atoms with Crippen LogP contribution in [0.1, 0.15) is 19.3 Å².